The minimum atomic E-state index is 0.0844. The Kier molecular flexibility index (Phi) is 7.64. The van der Waals surface area contributed by atoms with Crippen LogP contribution in [0.5, 0.6) is 0 Å². The number of piperidine rings is 1. The molecule has 0 spiro atoms. The van der Waals surface area contributed by atoms with Crippen LogP contribution in [0, 0.1) is 5.92 Å². The SMILES string of the molecule is CC(CC1CCC(C)N1C(c1ccccc1Cl)c1ccccc1Cl)C1CCCCN1C. The zero-order valence-corrected chi connectivity index (χ0v) is 20.6. The smallest absolute Gasteiger partial charge is 0.0635 e. The van der Waals surface area contributed by atoms with Crippen molar-refractivity contribution in [3.63, 3.8) is 0 Å². The van der Waals surface area contributed by atoms with Crippen LogP contribution >= 0.6 is 23.2 Å². The van der Waals surface area contributed by atoms with E-state index in [9.17, 15) is 0 Å². The van der Waals surface area contributed by atoms with Gasteiger partial charge in [-0.05, 0) is 81.8 Å². The summed E-state index contributed by atoms with van der Waals surface area (Å²) in [5, 5.41) is 1.65. The van der Waals surface area contributed by atoms with E-state index in [1.165, 1.54) is 56.2 Å². The molecule has 0 aromatic heterocycles. The molecule has 0 radical (unpaired) electrons. The number of hydrogen-bond donors (Lipinski definition) is 0. The van der Waals surface area contributed by atoms with Crippen LogP contribution in [0.3, 0.4) is 0 Å². The Morgan fingerprint density at radius 2 is 1.52 bits per heavy atom. The normalized spacial score (nSPS) is 26.5. The van der Waals surface area contributed by atoms with Crippen molar-refractivity contribution < 1.29 is 0 Å². The lowest BCUT2D eigenvalue weighted by Gasteiger charge is -2.41. The molecule has 2 aromatic rings. The maximum atomic E-state index is 6.77. The van der Waals surface area contributed by atoms with Crippen LogP contribution in [-0.2, 0) is 0 Å². The van der Waals surface area contributed by atoms with Gasteiger partial charge < -0.3 is 4.90 Å². The molecule has 0 bridgehead atoms. The molecule has 2 aromatic carbocycles. The average Bonchev–Trinajstić information content (AvgIpc) is 3.11. The van der Waals surface area contributed by atoms with E-state index in [0.717, 1.165) is 10.0 Å². The van der Waals surface area contributed by atoms with E-state index in [-0.39, 0.29) is 6.04 Å². The van der Waals surface area contributed by atoms with Crippen LogP contribution in [0.1, 0.15) is 69.5 Å². The minimum Gasteiger partial charge on any atom is -0.303 e. The van der Waals surface area contributed by atoms with E-state index in [1.54, 1.807) is 0 Å². The highest BCUT2D eigenvalue weighted by molar-refractivity contribution is 6.32. The average molecular weight is 460 g/mol. The van der Waals surface area contributed by atoms with E-state index in [1.807, 2.05) is 24.3 Å². The molecule has 0 saturated carbocycles. The maximum Gasteiger partial charge on any atom is 0.0635 e. The summed E-state index contributed by atoms with van der Waals surface area (Å²) >= 11 is 13.5. The second kappa shape index (κ2) is 10.3. The van der Waals surface area contributed by atoms with Gasteiger partial charge in [-0.2, -0.15) is 0 Å². The lowest BCUT2D eigenvalue weighted by Crippen LogP contribution is -2.44. The van der Waals surface area contributed by atoms with Crippen LogP contribution < -0.4 is 0 Å². The number of likely N-dealkylation sites (tertiary alicyclic amines) is 2. The number of hydrogen-bond acceptors (Lipinski definition) is 2. The number of halogens is 2. The quantitative estimate of drug-likeness (QED) is 0.443. The van der Waals surface area contributed by atoms with Crippen molar-refractivity contribution in [2.24, 2.45) is 5.92 Å². The molecule has 4 heteroatoms. The third-order valence-corrected chi connectivity index (χ3v) is 8.36. The monoisotopic (exact) mass is 458 g/mol. The van der Waals surface area contributed by atoms with Gasteiger partial charge in [0.1, 0.15) is 0 Å². The topological polar surface area (TPSA) is 6.48 Å². The van der Waals surface area contributed by atoms with Gasteiger partial charge in [-0.3, -0.25) is 4.90 Å². The van der Waals surface area contributed by atoms with Gasteiger partial charge in [-0.1, -0.05) is 72.9 Å². The van der Waals surface area contributed by atoms with Crippen molar-refractivity contribution in [3.8, 4) is 0 Å². The first kappa shape index (κ1) is 23.1. The van der Waals surface area contributed by atoms with Gasteiger partial charge in [0.05, 0.1) is 6.04 Å². The molecule has 31 heavy (non-hydrogen) atoms. The van der Waals surface area contributed by atoms with E-state index in [4.69, 9.17) is 23.2 Å². The molecule has 2 fully saturated rings. The Morgan fingerprint density at radius 1 is 0.903 bits per heavy atom. The van der Waals surface area contributed by atoms with Gasteiger partial charge in [-0.25, -0.2) is 0 Å². The van der Waals surface area contributed by atoms with E-state index >= 15 is 0 Å². The fraction of sp³-hybridized carbons (Fsp3) is 0.556. The Hall–Kier alpha value is -1.06. The summed E-state index contributed by atoms with van der Waals surface area (Å²) in [6, 6.07) is 18.4. The summed E-state index contributed by atoms with van der Waals surface area (Å²) in [5.74, 6) is 0.682. The second-order valence-corrected chi connectivity index (χ2v) is 10.5. The number of nitrogens with zero attached hydrogens (tertiary/aromatic N) is 2. The highest BCUT2D eigenvalue weighted by atomic mass is 35.5. The number of benzene rings is 2. The van der Waals surface area contributed by atoms with Crippen LogP contribution in [0.2, 0.25) is 10.0 Å². The summed E-state index contributed by atoms with van der Waals surface area (Å²) in [6.07, 6.45) is 7.74. The van der Waals surface area contributed by atoms with Gasteiger partial charge in [0.25, 0.3) is 0 Å². The Labute approximate surface area is 198 Å². The summed E-state index contributed by atoms with van der Waals surface area (Å²) in [6.45, 7) is 6.08. The Morgan fingerprint density at radius 3 is 2.10 bits per heavy atom. The van der Waals surface area contributed by atoms with Crippen LogP contribution in [0.15, 0.2) is 48.5 Å². The van der Waals surface area contributed by atoms with Crippen LogP contribution in [0.25, 0.3) is 0 Å². The van der Waals surface area contributed by atoms with Gasteiger partial charge in [0.15, 0.2) is 0 Å². The molecule has 2 nitrogen and oxygen atoms in total. The van der Waals surface area contributed by atoms with Gasteiger partial charge in [0.2, 0.25) is 0 Å². The third kappa shape index (κ3) is 4.98. The second-order valence-electron chi connectivity index (χ2n) is 9.73. The van der Waals surface area contributed by atoms with Crippen molar-refractivity contribution in [1.29, 1.82) is 0 Å². The molecular weight excluding hydrogens is 423 g/mol. The summed E-state index contributed by atoms with van der Waals surface area (Å²) < 4.78 is 0. The Balaban J connectivity index is 1.67. The Bertz CT molecular complexity index is 824. The summed E-state index contributed by atoms with van der Waals surface area (Å²) in [4.78, 5) is 5.32. The van der Waals surface area contributed by atoms with Crippen molar-refractivity contribution in [3.05, 3.63) is 69.7 Å². The van der Waals surface area contributed by atoms with Crippen LogP contribution in [0.4, 0.5) is 0 Å². The molecule has 0 amide bonds. The minimum absolute atomic E-state index is 0.0844. The largest absolute Gasteiger partial charge is 0.303 e. The summed E-state index contributed by atoms with van der Waals surface area (Å²) in [7, 11) is 2.31. The molecule has 4 rings (SSSR count). The molecule has 0 aliphatic carbocycles. The van der Waals surface area contributed by atoms with Gasteiger partial charge in [0, 0.05) is 28.2 Å². The lowest BCUT2D eigenvalue weighted by atomic mass is 9.86. The van der Waals surface area contributed by atoms with Gasteiger partial charge in [-0.15, -0.1) is 0 Å². The molecular formula is C27H36Cl2N2. The number of rotatable bonds is 6. The maximum absolute atomic E-state index is 6.77. The van der Waals surface area contributed by atoms with E-state index < -0.39 is 0 Å². The summed E-state index contributed by atoms with van der Waals surface area (Å²) in [5.41, 5.74) is 2.33. The van der Waals surface area contributed by atoms with Crippen molar-refractivity contribution in [2.75, 3.05) is 13.6 Å². The highest BCUT2D eigenvalue weighted by Gasteiger charge is 2.40. The fourth-order valence-corrected chi connectivity index (χ4v) is 6.56. The molecule has 4 atom stereocenters. The van der Waals surface area contributed by atoms with Crippen molar-refractivity contribution in [1.82, 2.24) is 9.80 Å². The molecule has 2 saturated heterocycles. The molecule has 2 aliphatic heterocycles. The molecule has 2 aliphatic rings. The predicted octanol–water partition coefficient (Wildman–Crippen LogP) is 7.45. The molecule has 0 N–H and O–H groups in total. The zero-order valence-electron chi connectivity index (χ0n) is 19.1. The first-order valence-electron chi connectivity index (χ1n) is 11.9. The fourth-order valence-electron chi connectivity index (χ4n) is 6.08. The van der Waals surface area contributed by atoms with E-state index in [2.05, 4.69) is 55.0 Å². The predicted molar refractivity (Wildman–Crippen MR) is 133 cm³/mol. The third-order valence-electron chi connectivity index (χ3n) is 7.67. The first-order valence-corrected chi connectivity index (χ1v) is 12.7. The molecule has 4 unspecified atom stereocenters. The lowest BCUT2D eigenvalue weighted by molar-refractivity contribution is 0.0931. The highest BCUT2D eigenvalue weighted by Crippen LogP contribution is 2.44. The van der Waals surface area contributed by atoms with Crippen molar-refractivity contribution >= 4 is 23.2 Å². The van der Waals surface area contributed by atoms with Crippen LogP contribution in [-0.4, -0.2) is 41.5 Å². The van der Waals surface area contributed by atoms with Crippen molar-refractivity contribution in [2.45, 2.75) is 76.5 Å². The molecule has 168 valence electrons. The van der Waals surface area contributed by atoms with Gasteiger partial charge >= 0.3 is 0 Å². The first-order chi connectivity index (χ1) is 15.0. The molecule has 2 heterocycles. The zero-order chi connectivity index (χ0) is 22.0. The standard InChI is InChI=1S/C27H36Cl2N2/c1-19(26-14-8-9-17-30(26)3)18-21-16-15-20(2)31(21)27(22-10-4-6-12-24(22)28)23-11-5-7-13-25(23)29/h4-7,10-13,19-21,26-27H,8-9,14-18H2,1-3H3. The van der Waals surface area contributed by atoms with E-state index in [0.29, 0.717) is 24.0 Å².